The average Bonchev–Trinajstić information content (AvgIpc) is 2.10. The SMILES string of the molecule is CN(C)C=NCc1ccc(Cl)c(Cl)c1. The molecule has 0 heterocycles. The molecule has 0 bridgehead atoms. The van der Waals surface area contributed by atoms with Crippen molar-refractivity contribution in [2.24, 2.45) is 4.99 Å². The normalized spacial score (nSPS) is 10.9. The molecule has 0 aliphatic heterocycles. The topological polar surface area (TPSA) is 15.6 Å². The molecule has 0 spiro atoms. The van der Waals surface area contributed by atoms with Gasteiger partial charge >= 0.3 is 0 Å². The number of benzene rings is 1. The molecule has 2 nitrogen and oxygen atoms in total. The summed E-state index contributed by atoms with van der Waals surface area (Å²) >= 11 is 11.6. The second-order valence-electron chi connectivity index (χ2n) is 3.17. The van der Waals surface area contributed by atoms with Crippen LogP contribution >= 0.6 is 23.2 Å². The van der Waals surface area contributed by atoms with E-state index in [0.717, 1.165) is 5.56 Å². The van der Waals surface area contributed by atoms with Gasteiger partial charge in [0.05, 0.1) is 22.9 Å². The van der Waals surface area contributed by atoms with Crippen LogP contribution in [-0.2, 0) is 6.54 Å². The van der Waals surface area contributed by atoms with Crippen molar-refractivity contribution in [3.8, 4) is 0 Å². The van der Waals surface area contributed by atoms with Crippen molar-refractivity contribution < 1.29 is 0 Å². The summed E-state index contributed by atoms with van der Waals surface area (Å²) in [5, 5.41) is 1.15. The van der Waals surface area contributed by atoms with E-state index in [1.54, 1.807) is 12.4 Å². The first kappa shape index (κ1) is 11.3. The highest BCUT2D eigenvalue weighted by molar-refractivity contribution is 6.42. The van der Waals surface area contributed by atoms with Gasteiger partial charge < -0.3 is 4.90 Å². The Hall–Kier alpha value is -0.730. The maximum atomic E-state index is 5.86. The summed E-state index contributed by atoms with van der Waals surface area (Å²) in [6.45, 7) is 0.620. The molecule has 0 fully saturated rings. The van der Waals surface area contributed by atoms with Gasteiger partial charge in [-0.05, 0) is 17.7 Å². The molecule has 0 amide bonds. The molecule has 4 heteroatoms. The Morgan fingerprint density at radius 3 is 2.57 bits per heavy atom. The summed E-state index contributed by atoms with van der Waals surface area (Å²) in [5.74, 6) is 0. The van der Waals surface area contributed by atoms with Crippen LogP contribution in [0, 0.1) is 0 Å². The fraction of sp³-hybridized carbons (Fsp3) is 0.300. The summed E-state index contributed by atoms with van der Waals surface area (Å²) in [5.41, 5.74) is 1.05. The monoisotopic (exact) mass is 230 g/mol. The number of rotatable bonds is 3. The van der Waals surface area contributed by atoms with E-state index in [-0.39, 0.29) is 0 Å². The molecule has 1 aromatic rings. The van der Waals surface area contributed by atoms with E-state index in [4.69, 9.17) is 23.2 Å². The molecule has 0 aromatic heterocycles. The standard InChI is InChI=1S/C10H12Cl2N2/c1-14(2)7-13-6-8-3-4-9(11)10(12)5-8/h3-5,7H,6H2,1-2H3. The molecule has 14 heavy (non-hydrogen) atoms. The van der Waals surface area contributed by atoms with E-state index in [9.17, 15) is 0 Å². The fourth-order valence-corrected chi connectivity index (χ4v) is 1.27. The minimum Gasteiger partial charge on any atom is -0.369 e. The number of halogens is 2. The Morgan fingerprint density at radius 1 is 1.29 bits per heavy atom. The maximum Gasteiger partial charge on any atom is 0.0848 e. The van der Waals surface area contributed by atoms with Crippen LogP contribution in [-0.4, -0.2) is 25.3 Å². The predicted molar refractivity (Wildman–Crippen MR) is 62.3 cm³/mol. The van der Waals surface area contributed by atoms with Crippen LogP contribution in [0.15, 0.2) is 23.2 Å². The van der Waals surface area contributed by atoms with Crippen LogP contribution in [0.4, 0.5) is 0 Å². The summed E-state index contributed by atoms with van der Waals surface area (Å²) < 4.78 is 0. The van der Waals surface area contributed by atoms with Gasteiger partial charge in [0, 0.05) is 14.1 Å². The zero-order valence-corrected chi connectivity index (χ0v) is 9.68. The van der Waals surface area contributed by atoms with Gasteiger partial charge in [0.15, 0.2) is 0 Å². The van der Waals surface area contributed by atoms with Crippen molar-refractivity contribution in [2.75, 3.05) is 14.1 Å². The highest BCUT2D eigenvalue weighted by Crippen LogP contribution is 2.22. The molecule has 0 saturated carbocycles. The van der Waals surface area contributed by atoms with Crippen LogP contribution in [0.2, 0.25) is 10.0 Å². The summed E-state index contributed by atoms with van der Waals surface area (Å²) in [6.07, 6.45) is 1.77. The van der Waals surface area contributed by atoms with Crippen molar-refractivity contribution in [3.63, 3.8) is 0 Å². The van der Waals surface area contributed by atoms with Crippen molar-refractivity contribution in [1.29, 1.82) is 0 Å². The first-order valence-electron chi connectivity index (χ1n) is 4.20. The fourth-order valence-electron chi connectivity index (χ4n) is 0.948. The molecule has 76 valence electrons. The van der Waals surface area contributed by atoms with Crippen molar-refractivity contribution in [2.45, 2.75) is 6.54 Å². The van der Waals surface area contributed by atoms with Crippen LogP contribution < -0.4 is 0 Å². The van der Waals surface area contributed by atoms with Crippen LogP contribution in [0.1, 0.15) is 5.56 Å². The van der Waals surface area contributed by atoms with Crippen LogP contribution in [0.25, 0.3) is 0 Å². The minimum absolute atomic E-state index is 0.573. The van der Waals surface area contributed by atoms with E-state index in [1.165, 1.54) is 0 Å². The molecule has 0 unspecified atom stereocenters. The van der Waals surface area contributed by atoms with E-state index < -0.39 is 0 Å². The average molecular weight is 231 g/mol. The third-order valence-electron chi connectivity index (χ3n) is 1.57. The predicted octanol–water partition coefficient (Wildman–Crippen LogP) is 3.08. The van der Waals surface area contributed by atoms with Gasteiger partial charge in [-0.2, -0.15) is 0 Å². The van der Waals surface area contributed by atoms with Crippen molar-refractivity contribution >= 4 is 29.5 Å². The molecular weight excluding hydrogens is 219 g/mol. The lowest BCUT2D eigenvalue weighted by Gasteiger charge is -2.03. The molecule has 0 aliphatic carbocycles. The Labute approximate surface area is 94.2 Å². The molecule has 0 N–H and O–H groups in total. The van der Waals surface area contributed by atoms with Crippen LogP contribution in [0.5, 0.6) is 0 Å². The first-order chi connectivity index (χ1) is 6.59. The largest absolute Gasteiger partial charge is 0.369 e. The number of hydrogen-bond donors (Lipinski definition) is 0. The molecule has 0 saturated heterocycles. The Balaban J connectivity index is 2.64. The zero-order chi connectivity index (χ0) is 10.6. The molecule has 0 atom stereocenters. The van der Waals surface area contributed by atoms with Gasteiger partial charge in [-0.15, -0.1) is 0 Å². The van der Waals surface area contributed by atoms with Gasteiger partial charge in [0.2, 0.25) is 0 Å². The Morgan fingerprint density at radius 2 is 2.00 bits per heavy atom. The first-order valence-corrected chi connectivity index (χ1v) is 4.95. The second kappa shape index (κ2) is 5.23. The van der Waals surface area contributed by atoms with E-state index in [1.807, 2.05) is 31.1 Å². The molecule has 0 aliphatic rings. The second-order valence-corrected chi connectivity index (χ2v) is 3.98. The van der Waals surface area contributed by atoms with E-state index in [2.05, 4.69) is 4.99 Å². The summed E-state index contributed by atoms with van der Waals surface area (Å²) in [6, 6.07) is 5.53. The molecular formula is C10H12Cl2N2. The lowest BCUT2D eigenvalue weighted by molar-refractivity contribution is 0.638. The molecule has 0 radical (unpaired) electrons. The molecule has 1 rings (SSSR count). The van der Waals surface area contributed by atoms with Gasteiger partial charge in [0.1, 0.15) is 0 Å². The lowest BCUT2D eigenvalue weighted by atomic mass is 10.2. The highest BCUT2D eigenvalue weighted by Gasteiger charge is 1.97. The third kappa shape index (κ3) is 3.56. The van der Waals surface area contributed by atoms with E-state index >= 15 is 0 Å². The smallest absolute Gasteiger partial charge is 0.0848 e. The third-order valence-corrected chi connectivity index (χ3v) is 2.31. The maximum absolute atomic E-state index is 5.86. The summed E-state index contributed by atoms with van der Waals surface area (Å²) in [7, 11) is 3.86. The zero-order valence-electron chi connectivity index (χ0n) is 8.17. The quantitative estimate of drug-likeness (QED) is 0.576. The summed E-state index contributed by atoms with van der Waals surface area (Å²) in [4.78, 5) is 6.10. The van der Waals surface area contributed by atoms with Crippen molar-refractivity contribution in [1.82, 2.24) is 4.90 Å². The van der Waals surface area contributed by atoms with Gasteiger partial charge in [-0.1, -0.05) is 29.3 Å². The minimum atomic E-state index is 0.573. The Kier molecular flexibility index (Phi) is 4.23. The van der Waals surface area contributed by atoms with E-state index in [0.29, 0.717) is 16.6 Å². The highest BCUT2D eigenvalue weighted by atomic mass is 35.5. The number of hydrogen-bond acceptors (Lipinski definition) is 1. The number of nitrogens with zero attached hydrogens (tertiary/aromatic N) is 2. The Bertz CT molecular complexity index is 335. The van der Waals surface area contributed by atoms with Gasteiger partial charge in [-0.25, -0.2) is 0 Å². The van der Waals surface area contributed by atoms with Crippen LogP contribution in [0.3, 0.4) is 0 Å². The number of aliphatic imine (C=N–C) groups is 1. The molecule has 1 aromatic carbocycles. The van der Waals surface area contributed by atoms with Crippen molar-refractivity contribution in [3.05, 3.63) is 33.8 Å². The van der Waals surface area contributed by atoms with Gasteiger partial charge in [0.25, 0.3) is 0 Å². The van der Waals surface area contributed by atoms with Gasteiger partial charge in [-0.3, -0.25) is 4.99 Å². The lowest BCUT2D eigenvalue weighted by Crippen LogP contribution is -2.07.